The second-order valence-electron chi connectivity index (χ2n) is 7.54. The molecule has 4 nitrogen and oxygen atoms in total. The van der Waals surface area contributed by atoms with Crippen molar-refractivity contribution in [3.8, 4) is 0 Å². The molecular formula is C16H30IN3O. The van der Waals surface area contributed by atoms with Gasteiger partial charge >= 0.3 is 0 Å². The van der Waals surface area contributed by atoms with Crippen LogP contribution in [0.15, 0.2) is 4.99 Å². The Morgan fingerprint density at radius 1 is 1.29 bits per heavy atom. The zero-order chi connectivity index (χ0) is 14.4. The molecule has 3 fully saturated rings. The molecule has 122 valence electrons. The van der Waals surface area contributed by atoms with Crippen molar-refractivity contribution in [2.45, 2.75) is 58.1 Å². The van der Waals surface area contributed by atoms with Gasteiger partial charge in [0.25, 0.3) is 0 Å². The van der Waals surface area contributed by atoms with Gasteiger partial charge in [-0.2, -0.15) is 0 Å². The van der Waals surface area contributed by atoms with Gasteiger partial charge in [0.2, 0.25) is 0 Å². The number of methoxy groups -OCH3 is 1. The first-order chi connectivity index (χ1) is 9.52. The Balaban J connectivity index is 0.00000161. The van der Waals surface area contributed by atoms with E-state index in [4.69, 9.17) is 4.74 Å². The minimum Gasteiger partial charge on any atom is -0.381 e. The molecule has 5 heteroatoms. The molecule has 0 spiro atoms. The summed E-state index contributed by atoms with van der Waals surface area (Å²) < 4.78 is 5.51. The fourth-order valence-electron chi connectivity index (χ4n) is 3.74. The van der Waals surface area contributed by atoms with E-state index in [1.165, 1.54) is 25.7 Å². The second kappa shape index (κ2) is 6.22. The van der Waals surface area contributed by atoms with Gasteiger partial charge in [-0.25, -0.2) is 0 Å². The van der Waals surface area contributed by atoms with Gasteiger partial charge in [0, 0.05) is 32.2 Å². The van der Waals surface area contributed by atoms with E-state index in [2.05, 4.69) is 29.5 Å². The van der Waals surface area contributed by atoms with Gasteiger partial charge in [0.15, 0.2) is 5.96 Å². The van der Waals surface area contributed by atoms with E-state index in [0.29, 0.717) is 17.6 Å². The van der Waals surface area contributed by atoms with Crippen molar-refractivity contribution < 1.29 is 4.74 Å². The first kappa shape index (κ1) is 17.3. The molecule has 3 rings (SSSR count). The predicted molar refractivity (Wildman–Crippen MR) is 97.3 cm³/mol. The van der Waals surface area contributed by atoms with Crippen LogP contribution in [0.2, 0.25) is 0 Å². The second-order valence-corrected chi connectivity index (χ2v) is 7.54. The number of aliphatic imine (C=N–C) groups is 1. The number of halogens is 1. The average molecular weight is 407 g/mol. The predicted octanol–water partition coefficient (Wildman–Crippen LogP) is 2.77. The molecule has 0 heterocycles. The average Bonchev–Trinajstić information content (AvgIpc) is 3.28. The van der Waals surface area contributed by atoms with E-state index in [9.17, 15) is 0 Å². The molecule has 3 aliphatic rings. The van der Waals surface area contributed by atoms with Crippen molar-refractivity contribution in [2.24, 2.45) is 21.7 Å². The smallest absolute Gasteiger partial charge is 0.191 e. The van der Waals surface area contributed by atoms with E-state index in [1.54, 1.807) is 0 Å². The topological polar surface area (TPSA) is 45.7 Å². The summed E-state index contributed by atoms with van der Waals surface area (Å²) >= 11 is 0. The van der Waals surface area contributed by atoms with E-state index >= 15 is 0 Å². The normalized spacial score (nSPS) is 32.7. The van der Waals surface area contributed by atoms with Gasteiger partial charge in [-0.15, -0.1) is 24.0 Å². The molecule has 0 radical (unpaired) electrons. The molecule has 21 heavy (non-hydrogen) atoms. The Hall–Kier alpha value is -0.0400. The van der Waals surface area contributed by atoms with Crippen molar-refractivity contribution in [2.75, 3.05) is 20.7 Å². The lowest BCUT2D eigenvalue weighted by Crippen LogP contribution is -2.63. The summed E-state index contributed by atoms with van der Waals surface area (Å²) in [5, 5.41) is 7.14. The third-order valence-electron chi connectivity index (χ3n) is 5.94. The monoisotopic (exact) mass is 407 g/mol. The van der Waals surface area contributed by atoms with Crippen molar-refractivity contribution in [3.05, 3.63) is 0 Å². The molecule has 0 aliphatic heterocycles. The van der Waals surface area contributed by atoms with Crippen molar-refractivity contribution in [1.29, 1.82) is 0 Å². The number of nitrogens with one attached hydrogen (secondary N) is 2. The van der Waals surface area contributed by atoms with Crippen LogP contribution in [0, 0.1) is 16.7 Å². The highest BCUT2D eigenvalue weighted by molar-refractivity contribution is 14.0. The Labute approximate surface area is 145 Å². The van der Waals surface area contributed by atoms with Crippen molar-refractivity contribution in [3.63, 3.8) is 0 Å². The molecule has 2 N–H and O–H groups in total. The number of nitrogens with zero attached hydrogens (tertiary/aromatic N) is 1. The largest absolute Gasteiger partial charge is 0.381 e. The maximum absolute atomic E-state index is 5.51. The summed E-state index contributed by atoms with van der Waals surface area (Å²) in [5.41, 5.74) is 0.794. The minimum atomic E-state index is 0. The summed E-state index contributed by atoms with van der Waals surface area (Å²) in [4.78, 5) is 4.39. The molecule has 0 saturated heterocycles. The van der Waals surface area contributed by atoms with Crippen LogP contribution in [0.3, 0.4) is 0 Å². The zero-order valence-corrected chi connectivity index (χ0v) is 16.1. The highest BCUT2D eigenvalue weighted by Crippen LogP contribution is 2.60. The van der Waals surface area contributed by atoms with Gasteiger partial charge in [0.1, 0.15) is 0 Å². The Morgan fingerprint density at radius 2 is 1.95 bits per heavy atom. The zero-order valence-electron chi connectivity index (χ0n) is 13.7. The van der Waals surface area contributed by atoms with Crippen LogP contribution < -0.4 is 10.6 Å². The van der Waals surface area contributed by atoms with E-state index in [1.807, 2.05) is 14.2 Å². The molecule has 0 aromatic rings. The van der Waals surface area contributed by atoms with Gasteiger partial charge in [-0.1, -0.05) is 13.8 Å². The van der Waals surface area contributed by atoms with Crippen LogP contribution in [0.25, 0.3) is 0 Å². The fourth-order valence-corrected chi connectivity index (χ4v) is 3.74. The summed E-state index contributed by atoms with van der Waals surface area (Å²) in [6.07, 6.45) is 7.12. The maximum atomic E-state index is 5.51. The molecule has 3 saturated carbocycles. The molecule has 3 aliphatic carbocycles. The molecule has 0 aromatic carbocycles. The summed E-state index contributed by atoms with van der Waals surface area (Å²) in [5.74, 6) is 1.95. The fraction of sp³-hybridized carbons (Fsp3) is 0.938. The van der Waals surface area contributed by atoms with Crippen LogP contribution in [-0.4, -0.2) is 38.8 Å². The van der Waals surface area contributed by atoms with Gasteiger partial charge in [0.05, 0.1) is 6.10 Å². The Bertz CT molecular complexity index is 402. The summed E-state index contributed by atoms with van der Waals surface area (Å²) in [7, 11) is 3.67. The van der Waals surface area contributed by atoms with E-state index in [0.717, 1.165) is 24.8 Å². The van der Waals surface area contributed by atoms with Crippen LogP contribution in [0.1, 0.15) is 46.0 Å². The first-order valence-electron chi connectivity index (χ1n) is 8.02. The van der Waals surface area contributed by atoms with Crippen LogP contribution >= 0.6 is 24.0 Å². The van der Waals surface area contributed by atoms with Gasteiger partial charge < -0.3 is 15.4 Å². The lowest BCUT2D eigenvalue weighted by molar-refractivity contribution is -0.0922. The number of ether oxygens (including phenoxy) is 1. The standard InChI is InChI=1S/C16H29N3O.HI/c1-15(2)12(9-13(15)20-4)19-14(17-3)18-10-16(7-8-16)11-5-6-11;/h11-13H,5-10H2,1-4H3,(H2,17,18,19);1H. The molecule has 0 amide bonds. The SMILES string of the molecule is CN=C(NCC1(C2CC2)CC1)NC1CC(OC)C1(C)C.I. The maximum Gasteiger partial charge on any atom is 0.191 e. The van der Waals surface area contributed by atoms with Crippen LogP contribution in [-0.2, 0) is 4.74 Å². The highest BCUT2D eigenvalue weighted by Gasteiger charge is 2.53. The lowest BCUT2D eigenvalue weighted by atomic mass is 9.64. The quantitative estimate of drug-likeness (QED) is 0.419. The number of hydrogen-bond donors (Lipinski definition) is 2. The van der Waals surface area contributed by atoms with Crippen molar-refractivity contribution >= 4 is 29.9 Å². The number of rotatable bonds is 5. The van der Waals surface area contributed by atoms with Gasteiger partial charge in [-0.3, -0.25) is 4.99 Å². The molecule has 2 unspecified atom stereocenters. The summed E-state index contributed by atoms with van der Waals surface area (Å²) in [6, 6.07) is 0.453. The van der Waals surface area contributed by atoms with Crippen molar-refractivity contribution in [1.82, 2.24) is 10.6 Å². The van der Waals surface area contributed by atoms with Crippen LogP contribution in [0.4, 0.5) is 0 Å². The van der Waals surface area contributed by atoms with E-state index < -0.39 is 0 Å². The van der Waals surface area contributed by atoms with Crippen LogP contribution in [0.5, 0.6) is 0 Å². The first-order valence-corrected chi connectivity index (χ1v) is 8.02. The van der Waals surface area contributed by atoms with Gasteiger partial charge in [-0.05, 0) is 43.4 Å². The number of hydrogen-bond acceptors (Lipinski definition) is 2. The lowest BCUT2D eigenvalue weighted by Gasteiger charge is -2.51. The Morgan fingerprint density at radius 3 is 2.38 bits per heavy atom. The molecule has 0 aromatic heterocycles. The third-order valence-corrected chi connectivity index (χ3v) is 5.94. The minimum absolute atomic E-state index is 0. The highest BCUT2D eigenvalue weighted by atomic mass is 127. The molecule has 2 atom stereocenters. The third kappa shape index (κ3) is 3.33. The Kier molecular flexibility index (Phi) is 5.13. The van der Waals surface area contributed by atoms with E-state index in [-0.39, 0.29) is 29.4 Å². The molecule has 0 bridgehead atoms. The molecular weight excluding hydrogens is 377 g/mol. The summed E-state index contributed by atoms with van der Waals surface area (Å²) in [6.45, 7) is 5.63. The number of guanidine groups is 1.